The van der Waals surface area contributed by atoms with E-state index in [4.69, 9.17) is 5.73 Å². The molecule has 0 saturated heterocycles. The molecule has 23 heavy (non-hydrogen) atoms. The van der Waals surface area contributed by atoms with Crippen LogP contribution in [0.1, 0.15) is 16.3 Å². The summed E-state index contributed by atoms with van der Waals surface area (Å²) in [7, 11) is 0. The molecule has 9 nitrogen and oxygen atoms in total. The fraction of sp³-hybridized carbons (Fsp3) is 0.214. The lowest BCUT2D eigenvalue weighted by atomic mass is 10.2. The van der Waals surface area contributed by atoms with Gasteiger partial charge >= 0.3 is 0 Å². The van der Waals surface area contributed by atoms with Crippen molar-refractivity contribution in [2.45, 2.75) is 13.1 Å². The quantitative estimate of drug-likeness (QED) is 0.585. The number of nitrogens with one attached hydrogen (secondary N) is 2. The molecule has 3 rings (SSSR count). The lowest BCUT2D eigenvalue weighted by Crippen LogP contribution is -2.23. The first-order valence-corrected chi connectivity index (χ1v) is 7.11. The minimum Gasteiger partial charge on any atom is -0.343 e. The minimum atomic E-state index is -0.328. The van der Waals surface area contributed by atoms with Crippen molar-refractivity contribution in [3.63, 3.8) is 0 Å². The Kier molecular flexibility index (Phi) is 4.39. The van der Waals surface area contributed by atoms with Gasteiger partial charge in [0.15, 0.2) is 11.5 Å². The Bertz CT molecular complexity index is 779. The number of benzene rings is 1. The van der Waals surface area contributed by atoms with Crippen molar-refractivity contribution in [3.8, 4) is 11.4 Å². The van der Waals surface area contributed by atoms with Crippen LogP contribution in [0.15, 0.2) is 36.5 Å². The van der Waals surface area contributed by atoms with Crippen molar-refractivity contribution in [2.24, 2.45) is 5.73 Å². The lowest BCUT2D eigenvalue weighted by Gasteiger charge is -1.99. The summed E-state index contributed by atoms with van der Waals surface area (Å²) in [5.74, 6) is 0.821. The van der Waals surface area contributed by atoms with E-state index < -0.39 is 0 Å². The molecule has 1 aromatic carbocycles. The zero-order chi connectivity index (χ0) is 16.1. The molecule has 0 aliphatic rings. The fourth-order valence-electron chi connectivity index (χ4n) is 1.99. The number of carbonyl (C=O) groups excluding carboxylic acids is 1. The van der Waals surface area contributed by atoms with Crippen LogP contribution < -0.4 is 11.1 Å². The number of aromatic amines is 1. The first-order valence-electron chi connectivity index (χ1n) is 7.11. The van der Waals surface area contributed by atoms with Gasteiger partial charge < -0.3 is 11.1 Å². The summed E-state index contributed by atoms with van der Waals surface area (Å²) in [6, 6.07) is 9.59. The number of H-pyrrole nitrogens is 1. The van der Waals surface area contributed by atoms with Crippen LogP contribution >= 0.6 is 0 Å². The molecule has 1 amide bonds. The highest BCUT2D eigenvalue weighted by molar-refractivity contribution is 5.91. The van der Waals surface area contributed by atoms with Crippen molar-refractivity contribution in [3.05, 3.63) is 48.0 Å². The number of hydrogen-bond acceptors (Lipinski definition) is 6. The number of aromatic nitrogens is 6. The van der Waals surface area contributed by atoms with Gasteiger partial charge in [0.25, 0.3) is 5.91 Å². The van der Waals surface area contributed by atoms with Crippen LogP contribution in [0.3, 0.4) is 0 Å². The summed E-state index contributed by atoms with van der Waals surface area (Å²) in [6.07, 6.45) is 1.55. The van der Waals surface area contributed by atoms with Gasteiger partial charge in [-0.05, 0) is 0 Å². The SMILES string of the molecule is NCCn1cc(C(=O)NCc2nc(-c3ccccc3)n[nH]2)nn1. The molecule has 2 aromatic heterocycles. The molecule has 118 valence electrons. The Morgan fingerprint density at radius 3 is 2.91 bits per heavy atom. The Morgan fingerprint density at radius 1 is 1.30 bits per heavy atom. The summed E-state index contributed by atoms with van der Waals surface area (Å²) in [6.45, 7) is 1.18. The number of rotatable bonds is 6. The first kappa shape index (κ1) is 14.9. The second kappa shape index (κ2) is 6.79. The monoisotopic (exact) mass is 312 g/mol. The van der Waals surface area contributed by atoms with Crippen molar-refractivity contribution in [1.82, 2.24) is 35.5 Å². The van der Waals surface area contributed by atoms with Gasteiger partial charge in [-0.2, -0.15) is 5.10 Å². The second-order valence-corrected chi connectivity index (χ2v) is 4.81. The topological polar surface area (TPSA) is 127 Å². The van der Waals surface area contributed by atoms with E-state index >= 15 is 0 Å². The van der Waals surface area contributed by atoms with Gasteiger partial charge in [-0.1, -0.05) is 35.5 Å². The van der Waals surface area contributed by atoms with Crippen LogP contribution in [0.25, 0.3) is 11.4 Å². The number of hydrogen-bond donors (Lipinski definition) is 3. The standard InChI is InChI=1S/C14H16N8O/c15-6-7-22-9-11(18-21-22)14(23)16-8-12-17-13(20-19-12)10-4-2-1-3-5-10/h1-5,9H,6-8,15H2,(H,16,23)(H,17,19,20). The van der Waals surface area contributed by atoms with Crippen LogP contribution in [0.5, 0.6) is 0 Å². The molecule has 0 unspecified atom stereocenters. The predicted octanol–water partition coefficient (Wildman–Crippen LogP) is -0.0481. The van der Waals surface area contributed by atoms with E-state index in [9.17, 15) is 4.79 Å². The Labute approximate surface area is 131 Å². The zero-order valence-corrected chi connectivity index (χ0v) is 12.3. The summed E-state index contributed by atoms with van der Waals surface area (Å²) in [5, 5.41) is 17.3. The molecule has 4 N–H and O–H groups in total. The largest absolute Gasteiger partial charge is 0.343 e. The van der Waals surface area contributed by atoms with Gasteiger partial charge in [-0.3, -0.25) is 14.6 Å². The maximum atomic E-state index is 12.0. The molecule has 0 fully saturated rings. The van der Waals surface area contributed by atoms with Crippen LogP contribution in [0.4, 0.5) is 0 Å². The summed E-state index contributed by atoms with van der Waals surface area (Å²) in [5.41, 5.74) is 6.57. The lowest BCUT2D eigenvalue weighted by molar-refractivity contribution is 0.0945. The highest BCUT2D eigenvalue weighted by Gasteiger charge is 2.12. The van der Waals surface area contributed by atoms with Crippen LogP contribution in [0.2, 0.25) is 0 Å². The first-order chi connectivity index (χ1) is 11.3. The summed E-state index contributed by atoms with van der Waals surface area (Å²) < 4.78 is 1.52. The van der Waals surface area contributed by atoms with E-state index in [1.165, 1.54) is 4.68 Å². The molecule has 3 aromatic rings. The van der Waals surface area contributed by atoms with Gasteiger partial charge in [0.2, 0.25) is 0 Å². The van der Waals surface area contributed by atoms with E-state index in [2.05, 4.69) is 30.8 Å². The van der Waals surface area contributed by atoms with Crippen molar-refractivity contribution < 1.29 is 4.79 Å². The van der Waals surface area contributed by atoms with E-state index in [1.54, 1.807) is 6.20 Å². The van der Waals surface area contributed by atoms with Crippen LogP contribution in [-0.2, 0) is 13.1 Å². The molecule has 9 heteroatoms. The number of nitrogens with two attached hydrogens (primary N) is 1. The molecule has 2 heterocycles. The highest BCUT2D eigenvalue weighted by atomic mass is 16.2. The molecule has 0 aliphatic carbocycles. The molecular formula is C14H16N8O. The normalized spacial score (nSPS) is 10.7. The van der Waals surface area contributed by atoms with Gasteiger partial charge in [-0.15, -0.1) is 5.10 Å². The van der Waals surface area contributed by atoms with E-state index in [-0.39, 0.29) is 18.1 Å². The molecule has 0 radical (unpaired) electrons. The minimum absolute atomic E-state index is 0.225. The molecule has 0 saturated carbocycles. The number of amides is 1. The number of nitrogens with zero attached hydrogens (tertiary/aromatic N) is 5. The van der Waals surface area contributed by atoms with Crippen LogP contribution in [-0.4, -0.2) is 42.6 Å². The van der Waals surface area contributed by atoms with Crippen molar-refractivity contribution in [2.75, 3.05) is 6.54 Å². The number of carbonyl (C=O) groups is 1. The Balaban J connectivity index is 1.60. The second-order valence-electron chi connectivity index (χ2n) is 4.81. The highest BCUT2D eigenvalue weighted by Crippen LogP contribution is 2.13. The molecule has 0 aliphatic heterocycles. The third-order valence-corrected chi connectivity index (χ3v) is 3.11. The van der Waals surface area contributed by atoms with Crippen molar-refractivity contribution in [1.29, 1.82) is 0 Å². The van der Waals surface area contributed by atoms with Crippen LogP contribution in [0, 0.1) is 0 Å². The molecule has 0 spiro atoms. The van der Waals surface area contributed by atoms with Gasteiger partial charge in [0.1, 0.15) is 5.82 Å². The van der Waals surface area contributed by atoms with E-state index in [1.807, 2.05) is 30.3 Å². The maximum Gasteiger partial charge on any atom is 0.273 e. The van der Waals surface area contributed by atoms with Gasteiger partial charge in [0, 0.05) is 12.1 Å². The Morgan fingerprint density at radius 2 is 2.13 bits per heavy atom. The van der Waals surface area contributed by atoms with Gasteiger partial charge in [0.05, 0.1) is 19.3 Å². The smallest absolute Gasteiger partial charge is 0.273 e. The van der Waals surface area contributed by atoms with E-state index in [0.29, 0.717) is 24.7 Å². The average molecular weight is 312 g/mol. The van der Waals surface area contributed by atoms with Crippen molar-refractivity contribution >= 4 is 5.91 Å². The predicted molar refractivity (Wildman–Crippen MR) is 82.1 cm³/mol. The molecule has 0 bridgehead atoms. The third-order valence-electron chi connectivity index (χ3n) is 3.11. The molecule has 0 atom stereocenters. The summed E-state index contributed by atoms with van der Waals surface area (Å²) >= 11 is 0. The zero-order valence-electron chi connectivity index (χ0n) is 12.3. The van der Waals surface area contributed by atoms with Gasteiger partial charge in [-0.25, -0.2) is 4.98 Å². The molecular weight excluding hydrogens is 296 g/mol. The fourth-order valence-corrected chi connectivity index (χ4v) is 1.99. The third kappa shape index (κ3) is 3.58. The Hall–Kier alpha value is -3.07. The maximum absolute atomic E-state index is 12.0. The average Bonchev–Trinajstić information content (AvgIpc) is 3.23. The van der Waals surface area contributed by atoms with E-state index in [0.717, 1.165) is 5.56 Å². The summed E-state index contributed by atoms with van der Waals surface area (Å²) in [4.78, 5) is 16.3.